The van der Waals surface area contributed by atoms with Crippen LogP contribution in [0.25, 0.3) is 0 Å². The van der Waals surface area contributed by atoms with Crippen LogP contribution in [0.1, 0.15) is 16.7 Å². The molecule has 0 aromatic heterocycles. The molecular weight excluding hydrogens is 246 g/mol. The Bertz CT molecular complexity index is 562. The zero-order valence-electron chi connectivity index (χ0n) is 11.7. The van der Waals surface area contributed by atoms with Gasteiger partial charge in [-0.05, 0) is 48.6 Å². The van der Waals surface area contributed by atoms with E-state index in [4.69, 9.17) is 10.5 Å². The average Bonchev–Trinajstić information content (AvgIpc) is 2.49. The van der Waals surface area contributed by atoms with Crippen LogP contribution in [-0.2, 0) is 19.3 Å². The molecule has 2 aromatic rings. The lowest BCUT2D eigenvalue weighted by Gasteiger charge is -2.25. The Labute approximate surface area is 120 Å². The first-order valence-electron chi connectivity index (χ1n) is 7.34. The first-order valence-corrected chi connectivity index (χ1v) is 7.34. The lowest BCUT2D eigenvalue weighted by atomic mass is 9.90. The molecule has 20 heavy (non-hydrogen) atoms. The van der Waals surface area contributed by atoms with E-state index in [1.807, 2.05) is 6.07 Å². The van der Waals surface area contributed by atoms with Crippen LogP contribution in [0.3, 0.4) is 0 Å². The highest BCUT2D eigenvalue weighted by Gasteiger charge is 2.19. The maximum atomic E-state index is 5.85. The second kappa shape index (κ2) is 6.10. The van der Waals surface area contributed by atoms with Crippen LogP contribution in [0.2, 0.25) is 0 Å². The third-order valence-corrected chi connectivity index (χ3v) is 3.94. The summed E-state index contributed by atoms with van der Waals surface area (Å²) in [5, 5.41) is 0. The van der Waals surface area contributed by atoms with Crippen molar-refractivity contribution in [1.29, 1.82) is 0 Å². The standard InChI is InChI=1S/C18H21NO/c19-10-9-14-5-7-15(8-6-14)11-16-12-17-3-1-2-4-18(17)20-13-16/h1-8,16H,9-13,19H2/t16-/m0/s1. The van der Waals surface area contributed by atoms with Crippen molar-refractivity contribution >= 4 is 0 Å². The summed E-state index contributed by atoms with van der Waals surface area (Å²) in [6.45, 7) is 1.54. The molecule has 1 heterocycles. The lowest BCUT2D eigenvalue weighted by Crippen LogP contribution is -2.22. The molecule has 0 fully saturated rings. The maximum absolute atomic E-state index is 5.85. The third kappa shape index (κ3) is 3.02. The molecule has 0 saturated carbocycles. The molecule has 3 rings (SSSR count). The SMILES string of the molecule is NCCc1ccc(C[C@@H]2COc3ccccc3C2)cc1. The minimum Gasteiger partial charge on any atom is -0.493 e. The molecule has 0 spiro atoms. The molecule has 104 valence electrons. The molecule has 2 aromatic carbocycles. The van der Waals surface area contributed by atoms with E-state index in [9.17, 15) is 0 Å². The Morgan fingerprint density at radius 3 is 2.55 bits per heavy atom. The molecule has 1 atom stereocenters. The van der Waals surface area contributed by atoms with E-state index in [0.29, 0.717) is 12.5 Å². The van der Waals surface area contributed by atoms with Crippen LogP contribution >= 0.6 is 0 Å². The van der Waals surface area contributed by atoms with Crippen molar-refractivity contribution in [3.05, 3.63) is 65.2 Å². The number of hydrogen-bond donors (Lipinski definition) is 1. The molecule has 2 nitrogen and oxygen atoms in total. The number of ether oxygens (including phenoxy) is 1. The van der Waals surface area contributed by atoms with Crippen LogP contribution in [0.5, 0.6) is 5.75 Å². The van der Waals surface area contributed by atoms with Crippen molar-refractivity contribution in [3.8, 4) is 5.75 Å². The average molecular weight is 267 g/mol. The Balaban J connectivity index is 1.64. The second-order valence-corrected chi connectivity index (χ2v) is 5.55. The molecule has 0 aliphatic carbocycles. The van der Waals surface area contributed by atoms with Gasteiger partial charge in [-0.3, -0.25) is 0 Å². The summed E-state index contributed by atoms with van der Waals surface area (Å²) in [6.07, 6.45) is 3.15. The Morgan fingerprint density at radius 2 is 1.75 bits per heavy atom. The molecule has 0 radical (unpaired) electrons. The number of fused-ring (bicyclic) bond motifs is 1. The van der Waals surface area contributed by atoms with Gasteiger partial charge in [-0.2, -0.15) is 0 Å². The van der Waals surface area contributed by atoms with Gasteiger partial charge in [-0.1, -0.05) is 42.5 Å². The van der Waals surface area contributed by atoms with Gasteiger partial charge >= 0.3 is 0 Å². The van der Waals surface area contributed by atoms with E-state index in [1.54, 1.807) is 0 Å². The predicted octanol–water partition coefficient (Wildman–Crippen LogP) is 2.98. The summed E-state index contributed by atoms with van der Waals surface area (Å²) >= 11 is 0. The summed E-state index contributed by atoms with van der Waals surface area (Å²) in [5.74, 6) is 1.63. The van der Waals surface area contributed by atoms with Crippen LogP contribution in [0.15, 0.2) is 48.5 Å². The van der Waals surface area contributed by atoms with E-state index in [1.165, 1.54) is 16.7 Å². The van der Waals surface area contributed by atoms with Crippen molar-refractivity contribution in [1.82, 2.24) is 0 Å². The van der Waals surface area contributed by atoms with Crippen molar-refractivity contribution in [3.63, 3.8) is 0 Å². The minimum absolute atomic E-state index is 0.574. The number of hydrogen-bond acceptors (Lipinski definition) is 2. The van der Waals surface area contributed by atoms with Gasteiger partial charge in [0.25, 0.3) is 0 Å². The predicted molar refractivity (Wildman–Crippen MR) is 82.0 cm³/mol. The van der Waals surface area contributed by atoms with Crippen molar-refractivity contribution in [2.75, 3.05) is 13.2 Å². The summed E-state index contributed by atoms with van der Waals surface area (Å²) < 4.78 is 5.85. The normalized spacial score (nSPS) is 17.4. The number of para-hydroxylation sites is 1. The molecule has 0 amide bonds. The van der Waals surface area contributed by atoms with Gasteiger partial charge in [-0.25, -0.2) is 0 Å². The first kappa shape index (κ1) is 13.2. The van der Waals surface area contributed by atoms with Gasteiger partial charge in [0.1, 0.15) is 5.75 Å². The molecule has 1 aliphatic heterocycles. The molecule has 0 unspecified atom stereocenters. The van der Waals surface area contributed by atoms with Crippen LogP contribution in [-0.4, -0.2) is 13.2 Å². The molecule has 1 aliphatic rings. The van der Waals surface area contributed by atoms with Gasteiger partial charge in [-0.15, -0.1) is 0 Å². The first-order chi connectivity index (χ1) is 9.85. The Kier molecular flexibility index (Phi) is 4.03. The highest BCUT2D eigenvalue weighted by molar-refractivity contribution is 5.35. The fourth-order valence-corrected chi connectivity index (χ4v) is 2.86. The highest BCUT2D eigenvalue weighted by atomic mass is 16.5. The minimum atomic E-state index is 0.574. The Morgan fingerprint density at radius 1 is 1.00 bits per heavy atom. The van der Waals surface area contributed by atoms with Gasteiger partial charge in [0.15, 0.2) is 0 Å². The second-order valence-electron chi connectivity index (χ2n) is 5.55. The maximum Gasteiger partial charge on any atom is 0.122 e. The number of rotatable bonds is 4. The third-order valence-electron chi connectivity index (χ3n) is 3.94. The van der Waals surface area contributed by atoms with Crippen LogP contribution in [0, 0.1) is 5.92 Å². The zero-order valence-corrected chi connectivity index (χ0v) is 11.7. The summed E-state index contributed by atoms with van der Waals surface area (Å²) in [4.78, 5) is 0. The summed E-state index contributed by atoms with van der Waals surface area (Å²) in [6, 6.07) is 17.2. The van der Waals surface area contributed by atoms with Crippen LogP contribution < -0.4 is 10.5 Å². The number of nitrogens with two attached hydrogens (primary N) is 1. The zero-order chi connectivity index (χ0) is 13.8. The quantitative estimate of drug-likeness (QED) is 0.924. The fourth-order valence-electron chi connectivity index (χ4n) is 2.86. The van der Waals surface area contributed by atoms with Gasteiger partial charge in [0.2, 0.25) is 0 Å². The fraction of sp³-hybridized carbons (Fsp3) is 0.333. The largest absolute Gasteiger partial charge is 0.493 e. The molecule has 2 heteroatoms. The molecule has 0 bridgehead atoms. The van der Waals surface area contributed by atoms with E-state index in [-0.39, 0.29) is 0 Å². The van der Waals surface area contributed by atoms with Gasteiger partial charge in [0.05, 0.1) is 6.61 Å². The van der Waals surface area contributed by atoms with Crippen LogP contribution in [0.4, 0.5) is 0 Å². The summed E-state index contributed by atoms with van der Waals surface area (Å²) in [5.41, 5.74) is 9.62. The van der Waals surface area contributed by atoms with E-state index in [2.05, 4.69) is 42.5 Å². The summed E-state index contributed by atoms with van der Waals surface area (Å²) in [7, 11) is 0. The molecule has 2 N–H and O–H groups in total. The molecule has 0 saturated heterocycles. The van der Waals surface area contributed by atoms with Crippen molar-refractivity contribution in [2.45, 2.75) is 19.3 Å². The van der Waals surface area contributed by atoms with Gasteiger partial charge < -0.3 is 10.5 Å². The monoisotopic (exact) mass is 267 g/mol. The Hall–Kier alpha value is -1.80. The van der Waals surface area contributed by atoms with Gasteiger partial charge in [0, 0.05) is 5.92 Å². The molecular formula is C18H21NO. The van der Waals surface area contributed by atoms with Crippen molar-refractivity contribution in [2.24, 2.45) is 11.7 Å². The van der Waals surface area contributed by atoms with E-state index in [0.717, 1.165) is 31.6 Å². The lowest BCUT2D eigenvalue weighted by molar-refractivity contribution is 0.221. The van der Waals surface area contributed by atoms with Crippen molar-refractivity contribution < 1.29 is 4.74 Å². The highest BCUT2D eigenvalue weighted by Crippen LogP contribution is 2.28. The van der Waals surface area contributed by atoms with E-state index < -0.39 is 0 Å². The smallest absolute Gasteiger partial charge is 0.122 e. The number of benzene rings is 2. The van der Waals surface area contributed by atoms with E-state index >= 15 is 0 Å². The topological polar surface area (TPSA) is 35.2 Å².